The van der Waals surface area contributed by atoms with Crippen LogP contribution in [0.15, 0.2) is 56.1 Å². The number of hydrogen-bond acceptors (Lipinski definition) is 8. The number of non-ortho nitro benzene ring substituents is 1. The fourth-order valence-corrected chi connectivity index (χ4v) is 5.90. The van der Waals surface area contributed by atoms with Gasteiger partial charge in [-0.2, -0.15) is 4.99 Å². The predicted octanol–water partition coefficient (Wildman–Crippen LogP) is 6.56. The number of aromatic nitrogens is 1. The molecule has 0 atom stereocenters. The van der Waals surface area contributed by atoms with Crippen LogP contribution in [0.3, 0.4) is 0 Å². The van der Waals surface area contributed by atoms with E-state index in [0.717, 1.165) is 36.9 Å². The molecule has 0 N–H and O–H groups in total. The standard InChI is InChI=1S/C24H22N4O4S2/c1-15-14-33-23(25-15)26-24-27(17-5-3-2-4-6-17)22(29)21(34-24)13-19-11-12-20(32-19)16-7-9-18(10-8-16)28(30)31/h7-14,17H,2-6H2,1H3/b21-13+,26-24+. The van der Waals surface area contributed by atoms with Crippen LogP contribution < -0.4 is 0 Å². The van der Waals surface area contributed by atoms with E-state index in [1.54, 1.807) is 30.3 Å². The van der Waals surface area contributed by atoms with Crippen molar-refractivity contribution in [2.75, 3.05) is 0 Å². The number of aliphatic imine (C=N–C) groups is 1. The first-order valence-electron chi connectivity index (χ1n) is 11.1. The lowest BCUT2D eigenvalue weighted by molar-refractivity contribution is -0.384. The number of amidine groups is 1. The molecular formula is C24H22N4O4S2. The molecule has 1 aromatic carbocycles. The molecule has 8 nitrogen and oxygen atoms in total. The fourth-order valence-electron chi connectivity index (χ4n) is 4.16. The second kappa shape index (κ2) is 9.55. The molecule has 1 amide bonds. The van der Waals surface area contributed by atoms with Crippen LogP contribution in [0.1, 0.15) is 43.6 Å². The SMILES string of the molecule is Cc1csc(/N=C2/S/C(=C/c3ccc(-c4ccc([N+](=O)[O-])cc4)o3)C(=O)N2C2CCCCC2)n1. The zero-order chi connectivity index (χ0) is 23.7. The molecule has 2 aromatic heterocycles. The molecular weight excluding hydrogens is 472 g/mol. The Hall–Kier alpha value is -3.24. The number of amides is 1. The molecule has 0 bridgehead atoms. The smallest absolute Gasteiger partial charge is 0.269 e. The summed E-state index contributed by atoms with van der Waals surface area (Å²) in [5.74, 6) is 1.06. The highest BCUT2D eigenvalue weighted by molar-refractivity contribution is 8.18. The van der Waals surface area contributed by atoms with E-state index in [2.05, 4.69) is 4.98 Å². The fraction of sp³-hybridized carbons (Fsp3) is 0.292. The van der Waals surface area contributed by atoms with Gasteiger partial charge in [-0.3, -0.25) is 19.8 Å². The van der Waals surface area contributed by atoms with Crippen LogP contribution in [-0.2, 0) is 4.79 Å². The van der Waals surface area contributed by atoms with Crippen molar-refractivity contribution in [1.82, 2.24) is 9.88 Å². The summed E-state index contributed by atoms with van der Waals surface area (Å²) in [6.07, 6.45) is 7.11. The maximum absolute atomic E-state index is 13.4. The number of furan rings is 1. The van der Waals surface area contributed by atoms with Gasteiger partial charge in [-0.25, -0.2) is 4.98 Å². The molecule has 0 radical (unpaired) electrons. The Morgan fingerprint density at radius 3 is 2.62 bits per heavy atom. The highest BCUT2D eigenvalue weighted by Crippen LogP contribution is 2.39. The molecule has 0 spiro atoms. The molecule has 2 aliphatic rings. The van der Waals surface area contributed by atoms with Gasteiger partial charge in [0.1, 0.15) is 11.5 Å². The minimum absolute atomic E-state index is 0.0237. The van der Waals surface area contributed by atoms with Gasteiger partial charge in [-0.05, 0) is 55.8 Å². The van der Waals surface area contributed by atoms with Crippen molar-refractivity contribution in [3.63, 3.8) is 0 Å². The molecule has 174 valence electrons. The van der Waals surface area contributed by atoms with E-state index in [-0.39, 0.29) is 17.6 Å². The minimum Gasteiger partial charge on any atom is -0.457 e. The van der Waals surface area contributed by atoms with Crippen LogP contribution in [0.5, 0.6) is 0 Å². The zero-order valence-electron chi connectivity index (χ0n) is 18.5. The van der Waals surface area contributed by atoms with Crippen LogP contribution in [0.25, 0.3) is 17.4 Å². The van der Waals surface area contributed by atoms with E-state index in [1.165, 1.54) is 41.7 Å². The van der Waals surface area contributed by atoms with E-state index in [9.17, 15) is 14.9 Å². The Kier molecular flexibility index (Phi) is 6.34. The number of rotatable bonds is 5. The average molecular weight is 495 g/mol. The van der Waals surface area contributed by atoms with Gasteiger partial charge < -0.3 is 4.42 Å². The number of benzene rings is 1. The van der Waals surface area contributed by atoms with Crippen molar-refractivity contribution < 1.29 is 14.1 Å². The highest BCUT2D eigenvalue weighted by atomic mass is 32.2. The van der Waals surface area contributed by atoms with Crippen molar-refractivity contribution in [1.29, 1.82) is 0 Å². The van der Waals surface area contributed by atoms with Crippen LogP contribution in [-0.4, -0.2) is 31.9 Å². The molecule has 3 heterocycles. The van der Waals surface area contributed by atoms with Gasteiger partial charge in [-0.15, -0.1) is 11.3 Å². The first-order valence-corrected chi connectivity index (χ1v) is 12.8. The summed E-state index contributed by atoms with van der Waals surface area (Å²) in [4.78, 5) is 35.4. The average Bonchev–Trinajstić information content (AvgIpc) is 3.55. The second-order valence-corrected chi connectivity index (χ2v) is 10.1. The predicted molar refractivity (Wildman–Crippen MR) is 134 cm³/mol. The number of nitro groups is 1. The summed E-state index contributed by atoms with van der Waals surface area (Å²) in [5, 5.41) is 14.1. The Morgan fingerprint density at radius 2 is 1.94 bits per heavy atom. The quantitative estimate of drug-likeness (QED) is 0.226. The Morgan fingerprint density at radius 1 is 1.18 bits per heavy atom. The molecule has 0 unspecified atom stereocenters. The first-order chi connectivity index (χ1) is 16.5. The summed E-state index contributed by atoms with van der Waals surface area (Å²) < 4.78 is 5.94. The van der Waals surface area contributed by atoms with Crippen molar-refractivity contribution in [2.45, 2.75) is 45.1 Å². The monoisotopic (exact) mass is 494 g/mol. The zero-order valence-corrected chi connectivity index (χ0v) is 20.1. The summed E-state index contributed by atoms with van der Waals surface area (Å²) in [5.41, 5.74) is 1.66. The molecule has 1 aliphatic carbocycles. The number of carbonyl (C=O) groups excluding carboxylic acids is 1. The minimum atomic E-state index is -0.436. The number of carbonyl (C=O) groups is 1. The normalized spacial score (nSPS) is 19.4. The van der Waals surface area contributed by atoms with Gasteiger partial charge >= 0.3 is 0 Å². The summed E-state index contributed by atoms with van der Waals surface area (Å²) in [7, 11) is 0. The third kappa shape index (κ3) is 4.69. The van der Waals surface area contributed by atoms with Crippen LogP contribution in [0.2, 0.25) is 0 Å². The molecule has 5 rings (SSSR count). The Labute approximate surface area is 204 Å². The third-order valence-corrected chi connectivity index (χ3v) is 7.67. The number of nitro benzene ring substituents is 1. The number of aryl methyl sites for hydroxylation is 1. The molecule has 2 fully saturated rings. The van der Waals surface area contributed by atoms with Gasteiger partial charge in [0.15, 0.2) is 5.17 Å². The van der Waals surface area contributed by atoms with Crippen molar-refractivity contribution in [3.05, 3.63) is 68.3 Å². The van der Waals surface area contributed by atoms with Gasteiger partial charge in [0.05, 0.1) is 15.5 Å². The summed E-state index contributed by atoms with van der Waals surface area (Å²) >= 11 is 2.81. The Bertz CT molecular complexity index is 1290. The van der Waals surface area contributed by atoms with Crippen LogP contribution in [0, 0.1) is 17.0 Å². The lowest BCUT2D eigenvalue weighted by Gasteiger charge is -2.30. The van der Waals surface area contributed by atoms with E-state index >= 15 is 0 Å². The molecule has 10 heteroatoms. The lowest BCUT2D eigenvalue weighted by atomic mass is 9.94. The lowest BCUT2D eigenvalue weighted by Crippen LogP contribution is -2.40. The van der Waals surface area contributed by atoms with Crippen molar-refractivity contribution in [3.8, 4) is 11.3 Å². The summed E-state index contributed by atoms with van der Waals surface area (Å²) in [6, 6.07) is 9.91. The van der Waals surface area contributed by atoms with Gasteiger partial charge in [0, 0.05) is 35.2 Å². The number of thiazole rings is 1. The number of nitrogens with zero attached hydrogens (tertiary/aromatic N) is 4. The maximum atomic E-state index is 13.4. The van der Waals surface area contributed by atoms with Gasteiger partial charge in [0.2, 0.25) is 5.13 Å². The topological polar surface area (TPSA) is 102 Å². The van der Waals surface area contributed by atoms with Crippen LogP contribution in [0.4, 0.5) is 10.8 Å². The van der Waals surface area contributed by atoms with E-state index in [1.807, 2.05) is 17.2 Å². The van der Waals surface area contributed by atoms with Gasteiger partial charge in [0.25, 0.3) is 11.6 Å². The van der Waals surface area contributed by atoms with E-state index in [0.29, 0.717) is 26.7 Å². The van der Waals surface area contributed by atoms with Gasteiger partial charge in [-0.1, -0.05) is 19.3 Å². The third-order valence-electron chi connectivity index (χ3n) is 5.84. The highest BCUT2D eigenvalue weighted by Gasteiger charge is 2.39. The van der Waals surface area contributed by atoms with E-state index in [4.69, 9.17) is 9.41 Å². The van der Waals surface area contributed by atoms with Crippen molar-refractivity contribution in [2.24, 2.45) is 4.99 Å². The molecule has 1 aliphatic heterocycles. The largest absolute Gasteiger partial charge is 0.457 e. The molecule has 34 heavy (non-hydrogen) atoms. The maximum Gasteiger partial charge on any atom is 0.269 e. The Balaban J connectivity index is 1.43. The molecule has 3 aromatic rings. The van der Waals surface area contributed by atoms with E-state index < -0.39 is 4.92 Å². The molecule has 1 saturated carbocycles. The van der Waals surface area contributed by atoms with Crippen LogP contribution >= 0.6 is 23.1 Å². The number of hydrogen-bond donors (Lipinski definition) is 0. The molecule has 1 saturated heterocycles. The number of thioether (sulfide) groups is 1. The second-order valence-electron chi connectivity index (χ2n) is 8.25. The summed E-state index contributed by atoms with van der Waals surface area (Å²) in [6.45, 7) is 1.93. The first kappa shape index (κ1) is 22.5. The van der Waals surface area contributed by atoms with Crippen molar-refractivity contribution >= 4 is 51.1 Å².